The summed E-state index contributed by atoms with van der Waals surface area (Å²) in [6, 6.07) is 3.58. The minimum atomic E-state index is -0.882. The highest BCUT2D eigenvalue weighted by Gasteiger charge is 2.35. The summed E-state index contributed by atoms with van der Waals surface area (Å²) in [5.41, 5.74) is -0.189. The van der Waals surface area contributed by atoms with E-state index in [4.69, 9.17) is 28.5 Å². The van der Waals surface area contributed by atoms with Gasteiger partial charge in [0.05, 0.1) is 10.6 Å². The molecule has 136 valence electrons. The van der Waals surface area contributed by atoms with Crippen molar-refractivity contribution < 1.29 is 9.90 Å². The highest BCUT2D eigenvalue weighted by Crippen LogP contribution is 2.32. The molecule has 0 aromatic carbocycles. The van der Waals surface area contributed by atoms with Crippen LogP contribution in [0.5, 0.6) is 0 Å². The number of nitrogens with one attached hydrogen (secondary N) is 1. The van der Waals surface area contributed by atoms with Crippen LogP contribution < -0.4 is 5.32 Å². The Hall–Kier alpha value is -1.71. The Kier molecular flexibility index (Phi) is 6.02. The highest BCUT2D eigenvalue weighted by molar-refractivity contribution is 6.34. The number of carbonyl (C=O) groups is 1. The Morgan fingerprint density at radius 2 is 1.96 bits per heavy atom. The van der Waals surface area contributed by atoms with Gasteiger partial charge in [0.1, 0.15) is 17.0 Å². The molecule has 1 aromatic rings. The van der Waals surface area contributed by atoms with E-state index in [1.165, 1.54) is 6.07 Å². The lowest BCUT2D eigenvalue weighted by atomic mass is 9.88. The molecule has 2 rings (SSSR count). The summed E-state index contributed by atoms with van der Waals surface area (Å²) >= 11 is 12.1. The fourth-order valence-electron chi connectivity index (χ4n) is 3.31. The van der Waals surface area contributed by atoms with Crippen LogP contribution in [0.4, 0.5) is 10.6 Å². The smallest absolute Gasteiger partial charge is 0.407 e. The first-order valence-corrected chi connectivity index (χ1v) is 8.94. The number of hydrogen-bond donors (Lipinski definition) is 2. The minimum absolute atomic E-state index is 0.00327. The van der Waals surface area contributed by atoms with Gasteiger partial charge in [0, 0.05) is 17.6 Å². The van der Waals surface area contributed by atoms with Gasteiger partial charge in [-0.25, -0.2) is 9.78 Å². The number of aromatic nitrogens is 1. The molecular formula is C17H22Cl2N4O2. The molecule has 0 aliphatic heterocycles. The fourth-order valence-corrected chi connectivity index (χ4v) is 3.70. The number of pyridine rings is 1. The number of nitriles is 1. The van der Waals surface area contributed by atoms with Gasteiger partial charge in [0.2, 0.25) is 0 Å². The number of carboxylic acid groups (broad SMARTS) is 1. The van der Waals surface area contributed by atoms with Gasteiger partial charge in [-0.05, 0) is 52.5 Å². The van der Waals surface area contributed by atoms with E-state index in [1.54, 1.807) is 4.90 Å². The van der Waals surface area contributed by atoms with Crippen LogP contribution in [0.25, 0.3) is 0 Å². The second kappa shape index (κ2) is 7.67. The second-order valence-corrected chi connectivity index (χ2v) is 8.01. The molecule has 0 bridgehead atoms. The molecule has 1 fully saturated rings. The average Bonchev–Trinajstić information content (AvgIpc) is 2.50. The maximum Gasteiger partial charge on any atom is 0.407 e. The molecular weight excluding hydrogens is 363 g/mol. The van der Waals surface area contributed by atoms with Crippen LogP contribution in [0, 0.1) is 11.3 Å². The topological polar surface area (TPSA) is 89.2 Å². The standard InChI is InChI=1S/C17H22Cl2N4O2/c1-17(2,3)23(16(24)25)12-6-4-11(5-7-12)21-15-13(18)8-10(9-20)14(19)22-15/h8,11-12H,4-7H2,1-3H3,(H,21,22)(H,24,25)/t11-,12-. The third-order valence-corrected chi connectivity index (χ3v) is 4.96. The van der Waals surface area contributed by atoms with E-state index >= 15 is 0 Å². The van der Waals surface area contributed by atoms with Gasteiger partial charge in [-0.15, -0.1) is 0 Å². The van der Waals surface area contributed by atoms with Gasteiger partial charge in [0.25, 0.3) is 0 Å². The van der Waals surface area contributed by atoms with Crippen LogP contribution in [0.15, 0.2) is 6.07 Å². The molecule has 1 aliphatic rings. The molecule has 0 saturated heterocycles. The molecule has 1 aliphatic carbocycles. The third kappa shape index (κ3) is 4.68. The molecule has 0 atom stereocenters. The molecule has 1 heterocycles. The lowest BCUT2D eigenvalue weighted by molar-refractivity contribution is 0.0556. The summed E-state index contributed by atoms with van der Waals surface area (Å²) in [5, 5.41) is 22.2. The first-order chi connectivity index (χ1) is 11.6. The summed E-state index contributed by atoms with van der Waals surface area (Å²) in [6.07, 6.45) is 2.26. The van der Waals surface area contributed by atoms with Crippen molar-refractivity contribution >= 4 is 35.1 Å². The van der Waals surface area contributed by atoms with Crippen molar-refractivity contribution in [2.75, 3.05) is 5.32 Å². The minimum Gasteiger partial charge on any atom is -0.465 e. The average molecular weight is 385 g/mol. The van der Waals surface area contributed by atoms with E-state index in [-0.39, 0.29) is 22.8 Å². The van der Waals surface area contributed by atoms with Crippen molar-refractivity contribution in [3.05, 3.63) is 21.8 Å². The molecule has 1 aromatic heterocycles. The van der Waals surface area contributed by atoms with Crippen molar-refractivity contribution in [3.8, 4) is 6.07 Å². The number of anilines is 1. The third-order valence-electron chi connectivity index (χ3n) is 4.38. The van der Waals surface area contributed by atoms with Gasteiger partial charge < -0.3 is 15.3 Å². The summed E-state index contributed by atoms with van der Waals surface area (Å²) in [7, 11) is 0. The fraction of sp³-hybridized carbons (Fsp3) is 0.588. The molecule has 1 saturated carbocycles. The van der Waals surface area contributed by atoms with Gasteiger partial charge in [-0.2, -0.15) is 5.26 Å². The number of amides is 1. The zero-order chi connectivity index (χ0) is 18.8. The predicted octanol–water partition coefficient (Wildman–Crippen LogP) is 4.76. The van der Waals surface area contributed by atoms with E-state index in [0.717, 1.165) is 25.7 Å². The van der Waals surface area contributed by atoms with Crippen molar-refractivity contribution in [2.24, 2.45) is 0 Å². The Balaban J connectivity index is 2.03. The van der Waals surface area contributed by atoms with Crippen LogP contribution in [0.3, 0.4) is 0 Å². The number of nitrogens with zero attached hydrogens (tertiary/aromatic N) is 3. The zero-order valence-corrected chi connectivity index (χ0v) is 16.0. The van der Waals surface area contributed by atoms with Crippen molar-refractivity contribution in [1.29, 1.82) is 5.26 Å². The first-order valence-electron chi connectivity index (χ1n) is 8.18. The van der Waals surface area contributed by atoms with Gasteiger partial charge in [0.15, 0.2) is 0 Å². The molecule has 25 heavy (non-hydrogen) atoms. The van der Waals surface area contributed by atoms with Crippen LogP contribution in [-0.4, -0.2) is 38.7 Å². The summed E-state index contributed by atoms with van der Waals surface area (Å²) in [6.45, 7) is 5.73. The second-order valence-electron chi connectivity index (χ2n) is 7.24. The van der Waals surface area contributed by atoms with Crippen LogP contribution in [0.2, 0.25) is 10.2 Å². The first kappa shape index (κ1) is 19.6. The van der Waals surface area contributed by atoms with Crippen molar-refractivity contribution in [3.63, 3.8) is 0 Å². The normalized spacial score (nSPS) is 20.6. The van der Waals surface area contributed by atoms with E-state index in [0.29, 0.717) is 10.8 Å². The van der Waals surface area contributed by atoms with Gasteiger partial charge in [-0.1, -0.05) is 23.2 Å². The van der Waals surface area contributed by atoms with Crippen molar-refractivity contribution in [1.82, 2.24) is 9.88 Å². The molecule has 6 nitrogen and oxygen atoms in total. The van der Waals surface area contributed by atoms with Crippen molar-refractivity contribution in [2.45, 2.75) is 64.1 Å². The van der Waals surface area contributed by atoms with Gasteiger partial charge >= 0.3 is 6.09 Å². The Morgan fingerprint density at radius 3 is 2.44 bits per heavy atom. The number of hydrogen-bond acceptors (Lipinski definition) is 4. The summed E-state index contributed by atoms with van der Waals surface area (Å²) in [5.74, 6) is 0.458. The Labute approximate surface area is 157 Å². The monoisotopic (exact) mass is 384 g/mol. The molecule has 1 amide bonds. The molecule has 0 spiro atoms. The number of halogens is 2. The molecule has 0 radical (unpaired) electrons. The van der Waals surface area contributed by atoms with Crippen LogP contribution in [-0.2, 0) is 0 Å². The maximum absolute atomic E-state index is 11.6. The maximum atomic E-state index is 11.6. The molecule has 8 heteroatoms. The van der Waals surface area contributed by atoms with Crippen LogP contribution >= 0.6 is 23.2 Å². The quantitative estimate of drug-likeness (QED) is 0.732. The van der Waals surface area contributed by atoms with E-state index in [1.807, 2.05) is 26.8 Å². The lowest BCUT2D eigenvalue weighted by Gasteiger charge is -2.42. The Morgan fingerprint density at radius 1 is 1.36 bits per heavy atom. The summed E-state index contributed by atoms with van der Waals surface area (Å²) in [4.78, 5) is 17.3. The zero-order valence-electron chi connectivity index (χ0n) is 14.5. The largest absolute Gasteiger partial charge is 0.465 e. The van der Waals surface area contributed by atoms with Gasteiger partial charge in [-0.3, -0.25) is 0 Å². The van der Waals surface area contributed by atoms with E-state index in [9.17, 15) is 9.90 Å². The molecule has 0 unspecified atom stereocenters. The van der Waals surface area contributed by atoms with E-state index < -0.39 is 11.6 Å². The predicted molar refractivity (Wildman–Crippen MR) is 98.3 cm³/mol. The van der Waals surface area contributed by atoms with E-state index in [2.05, 4.69) is 10.3 Å². The number of rotatable bonds is 3. The van der Waals surface area contributed by atoms with Crippen LogP contribution in [0.1, 0.15) is 52.0 Å². The Bertz CT molecular complexity index is 689. The molecule has 2 N–H and O–H groups in total. The highest BCUT2D eigenvalue weighted by atomic mass is 35.5. The lowest BCUT2D eigenvalue weighted by Crippen LogP contribution is -2.52. The summed E-state index contributed by atoms with van der Waals surface area (Å²) < 4.78 is 0. The SMILES string of the molecule is CC(C)(C)N(C(=O)O)[C@H]1CC[C@H](Nc2nc(Cl)c(C#N)cc2Cl)CC1.